The first-order valence-corrected chi connectivity index (χ1v) is 6.06. The normalized spacial score (nSPS) is 10.8. The maximum absolute atomic E-state index is 11.7. The Morgan fingerprint density at radius 3 is 2.74 bits per heavy atom. The van der Waals surface area contributed by atoms with Crippen molar-refractivity contribution >= 4 is 28.2 Å². The molecule has 3 rings (SSSR count). The molecule has 0 radical (unpaired) electrons. The van der Waals surface area contributed by atoms with E-state index in [-0.39, 0.29) is 5.56 Å². The van der Waals surface area contributed by atoms with Crippen molar-refractivity contribution in [3.05, 3.63) is 64.2 Å². The minimum Gasteiger partial charge on any atom is -0.398 e. The molecule has 3 aromatic rings. The Kier molecular flexibility index (Phi) is 2.72. The maximum atomic E-state index is 11.7. The minimum absolute atomic E-state index is 0.242. The summed E-state index contributed by atoms with van der Waals surface area (Å²) in [7, 11) is 0. The molecule has 0 bridgehead atoms. The van der Waals surface area contributed by atoms with E-state index in [0.29, 0.717) is 16.1 Å². The largest absolute Gasteiger partial charge is 0.398 e. The highest BCUT2D eigenvalue weighted by Gasteiger charge is 2.06. The number of benzene rings is 2. The maximum Gasteiger partial charge on any atom is 0.280 e. The molecule has 0 aliphatic carbocycles. The molecule has 1 heterocycles. The molecule has 2 N–H and O–H groups in total. The Morgan fingerprint density at radius 2 is 1.95 bits per heavy atom. The Hall–Kier alpha value is -2.33. The second-order valence-electron chi connectivity index (χ2n) is 4.14. The number of nitrogen functional groups attached to an aromatic ring is 1. The van der Waals surface area contributed by atoms with Gasteiger partial charge < -0.3 is 10.3 Å². The third kappa shape index (κ3) is 1.96. The Balaban J connectivity index is 2.34. The SMILES string of the molecule is Nc1ccc(-n2cnc(=O)c3ccccc32)cc1Cl. The number of halogens is 1. The van der Waals surface area contributed by atoms with E-state index in [1.165, 1.54) is 6.33 Å². The Labute approximate surface area is 114 Å². The van der Waals surface area contributed by atoms with Gasteiger partial charge in [0.05, 0.1) is 21.6 Å². The number of nitrogens with zero attached hydrogens (tertiary/aromatic N) is 2. The summed E-state index contributed by atoms with van der Waals surface area (Å²) in [5.41, 5.74) is 7.56. The van der Waals surface area contributed by atoms with Crippen LogP contribution < -0.4 is 11.3 Å². The fraction of sp³-hybridized carbons (Fsp3) is 0. The summed E-state index contributed by atoms with van der Waals surface area (Å²) in [6.07, 6.45) is 1.49. The van der Waals surface area contributed by atoms with Gasteiger partial charge in [0.1, 0.15) is 6.33 Å². The van der Waals surface area contributed by atoms with Crippen LogP contribution in [0.3, 0.4) is 0 Å². The molecular weight excluding hydrogens is 262 g/mol. The van der Waals surface area contributed by atoms with E-state index in [1.807, 2.05) is 28.8 Å². The molecular formula is C14H10ClN3O. The number of aromatic nitrogens is 2. The molecule has 1 aromatic heterocycles. The molecule has 0 aliphatic rings. The van der Waals surface area contributed by atoms with Crippen LogP contribution in [0.4, 0.5) is 5.69 Å². The van der Waals surface area contributed by atoms with Gasteiger partial charge in [0.15, 0.2) is 0 Å². The fourth-order valence-corrected chi connectivity index (χ4v) is 2.15. The van der Waals surface area contributed by atoms with Crippen LogP contribution in [0.25, 0.3) is 16.6 Å². The van der Waals surface area contributed by atoms with E-state index >= 15 is 0 Å². The van der Waals surface area contributed by atoms with Crippen LogP contribution in [-0.4, -0.2) is 9.55 Å². The first-order valence-electron chi connectivity index (χ1n) is 5.68. The number of nitrogens with two attached hydrogens (primary N) is 1. The van der Waals surface area contributed by atoms with E-state index in [9.17, 15) is 4.79 Å². The average molecular weight is 272 g/mol. The second-order valence-corrected chi connectivity index (χ2v) is 4.55. The highest BCUT2D eigenvalue weighted by Crippen LogP contribution is 2.23. The smallest absolute Gasteiger partial charge is 0.280 e. The summed E-state index contributed by atoms with van der Waals surface area (Å²) in [4.78, 5) is 15.6. The lowest BCUT2D eigenvalue weighted by Gasteiger charge is -2.10. The molecule has 0 aliphatic heterocycles. The van der Waals surface area contributed by atoms with Gasteiger partial charge in [-0.1, -0.05) is 23.7 Å². The molecule has 19 heavy (non-hydrogen) atoms. The van der Waals surface area contributed by atoms with E-state index in [4.69, 9.17) is 17.3 Å². The molecule has 0 spiro atoms. The zero-order valence-electron chi connectivity index (χ0n) is 9.88. The van der Waals surface area contributed by atoms with Gasteiger partial charge in [0, 0.05) is 5.69 Å². The van der Waals surface area contributed by atoms with Crippen LogP contribution in [0, 0.1) is 0 Å². The summed E-state index contributed by atoms with van der Waals surface area (Å²) in [5, 5.41) is 1.04. The van der Waals surface area contributed by atoms with Crippen molar-refractivity contribution in [1.82, 2.24) is 9.55 Å². The average Bonchev–Trinajstić information content (AvgIpc) is 2.43. The number of hydrogen-bond acceptors (Lipinski definition) is 3. The number of para-hydroxylation sites is 1. The van der Waals surface area contributed by atoms with E-state index < -0.39 is 0 Å². The topological polar surface area (TPSA) is 60.9 Å². The predicted octanol–water partition coefficient (Wildman–Crippen LogP) is 2.62. The van der Waals surface area contributed by atoms with Gasteiger partial charge in [-0.05, 0) is 30.3 Å². The molecule has 94 valence electrons. The number of rotatable bonds is 1. The Morgan fingerprint density at radius 1 is 1.16 bits per heavy atom. The monoisotopic (exact) mass is 271 g/mol. The zero-order chi connectivity index (χ0) is 13.4. The summed E-state index contributed by atoms with van der Waals surface area (Å²) in [5.74, 6) is 0. The third-order valence-corrected chi connectivity index (χ3v) is 3.27. The number of fused-ring (bicyclic) bond motifs is 1. The lowest BCUT2D eigenvalue weighted by Crippen LogP contribution is -2.11. The van der Waals surface area contributed by atoms with Crippen molar-refractivity contribution in [2.24, 2.45) is 0 Å². The van der Waals surface area contributed by atoms with E-state index in [2.05, 4.69) is 4.98 Å². The van der Waals surface area contributed by atoms with Crippen molar-refractivity contribution < 1.29 is 0 Å². The second kappa shape index (κ2) is 4.40. The van der Waals surface area contributed by atoms with Crippen LogP contribution in [0.5, 0.6) is 0 Å². The molecule has 0 atom stereocenters. The lowest BCUT2D eigenvalue weighted by atomic mass is 10.2. The van der Waals surface area contributed by atoms with Crippen LogP contribution >= 0.6 is 11.6 Å². The van der Waals surface area contributed by atoms with Gasteiger partial charge in [0.25, 0.3) is 5.56 Å². The van der Waals surface area contributed by atoms with Crippen molar-refractivity contribution in [3.8, 4) is 5.69 Å². The lowest BCUT2D eigenvalue weighted by molar-refractivity contribution is 1.02. The van der Waals surface area contributed by atoms with Crippen LogP contribution in [0.1, 0.15) is 0 Å². The van der Waals surface area contributed by atoms with Crippen molar-refractivity contribution in [2.75, 3.05) is 5.73 Å². The first kappa shape index (κ1) is 11.7. The molecule has 0 unspecified atom stereocenters. The van der Waals surface area contributed by atoms with Gasteiger partial charge >= 0.3 is 0 Å². The highest BCUT2D eigenvalue weighted by atomic mass is 35.5. The standard InChI is InChI=1S/C14H10ClN3O/c15-11-7-9(5-6-12(11)16)18-8-17-14(19)10-3-1-2-4-13(10)18/h1-8H,16H2. The van der Waals surface area contributed by atoms with Gasteiger partial charge in [-0.15, -0.1) is 0 Å². The quantitative estimate of drug-likeness (QED) is 0.692. The highest BCUT2D eigenvalue weighted by molar-refractivity contribution is 6.33. The van der Waals surface area contributed by atoms with E-state index in [0.717, 1.165) is 11.2 Å². The van der Waals surface area contributed by atoms with Crippen LogP contribution in [-0.2, 0) is 0 Å². The molecule has 4 nitrogen and oxygen atoms in total. The van der Waals surface area contributed by atoms with Crippen molar-refractivity contribution in [1.29, 1.82) is 0 Å². The zero-order valence-corrected chi connectivity index (χ0v) is 10.6. The van der Waals surface area contributed by atoms with Crippen molar-refractivity contribution in [3.63, 3.8) is 0 Å². The van der Waals surface area contributed by atoms with E-state index in [1.54, 1.807) is 18.2 Å². The molecule has 0 amide bonds. The number of anilines is 1. The minimum atomic E-state index is -0.242. The van der Waals surface area contributed by atoms with Gasteiger partial charge in [-0.3, -0.25) is 4.79 Å². The molecule has 0 saturated carbocycles. The number of hydrogen-bond donors (Lipinski definition) is 1. The Bertz CT molecular complexity index is 826. The first-order chi connectivity index (χ1) is 9.16. The fourth-order valence-electron chi connectivity index (χ4n) is 1.98. The molecule has 0 saturated heterocycles. The molecule has 5 heteroatoms. The van der Waals surface area contributed by atoms with Crippen LogP contribution in [0.15, 0.2) is 53.6 Å². The summed E-state index contributed by atoms with van der Waals surface area (Å²) in [6, 6.07) is 12.6. The van der Waals surface area contributed by atoms with Gasteiger partial charge in [-0.25, -0.2) is 0 Å². The van der Waals surface area contributed by atoms with Crippen molar-refractivity contribution in [2.45, 2.75) is 0 Å². The predicted molar refractivity (Wildman–Crippen MR) is 76.8 cm³/mol. The third-order valence-electron chi connectivity index (χ3n) is 2.95. The molecule has 2 aromatic carbocycles. The van der Waals surface area contributed by atoms with Gasteiger partial charge in [0.2, 0.25) is 0 Å². The summed E-state index contributed by atoms with van der Waals surface area (Å²) < 4.78 is 1.81. The summed E-state index contributed by atoms with van der Waals surface area (Å²) in [6.45, 7) is 0. The molecule has 0 fully saturated rings. The van der Waals surface area contributed by atoms with Gasteiger partial charge in [-0.2, -0.15) is 4.98 Å². The van der Waals surface area contributed by atoms with Crippen LogP contribution in [0.2, 0.25) is 5.02 Å². The summed E-state index contributed by atoms with van der Waals surface area (Å²) >= 11 is 6.03.